The molecule has 0 atom stereocenters. The molecule has 30 heavy (non-hydrogen) atoms. The highest BCUT2D eigenvalue weighted by Crippen LogP contribution is 2.26. The lowest BCUT2D eigenvalue weighted by Gasteiger charge is -2.26. The molecule has 2 heterocycles. The number of carbonyl (C=O) groups is 2. The van der Waals surface area contributed by atoms with E-state index in [9.17, 15) is 9.59 Å². The maximum atomic E-state index is 12.4. The first-order valence-electron chi connectivity index (χ1n) is 10.2. The fraction of sp³-hybridized carbons (Fsp3) is 0.500. The van der Waals surface area contributed by atoms with Crippen molar-refractivity contribution in [3.8, 4) is 0 Å². The van der Waals surface area contributed by atoms with Crippen molar-refractivity contribution in [3.05, 3.63) is 45.9 Å². The third kappa shape index (κ3) is 6.62. The van der Waals surface area contributed by atoms with Gasteiger partial charge < -0.3 is 15.4 Å². The van der Waals surface area contributed by atoms with E-state index in [-0.39, 0.29) is 17.2 Å². The molecule has 0 saturated carbocycles. The van der Waals surface area contributed by atoms with Gasteiger partial charge in [-0.25, -0.2) is 4.98 Å². The van der Waals surface area contributed by atoms with E-state index in [1.165, 1.54) is 11.3 Å². The fourth-order valence-corrected chi connectivity index (χ4v) is 3.95. The van der Waals surface area contributed by atoms with Crippen LogP contribution in [0.5, 0.6) is 0 Å². The first-order valence-corrected chi connectivity index (χ1v) is 11.1. The molecule has 1 saturated heterocycles. The second kappa shape index (κ2) is 10.1. The molecule has 8 heteroatoms. The molecule has 2 aromatic rings. The number of benzene rings is 1. The summed E-state index contributed by atoms with van der Waals surface area (Å²) >= 11 is 1.42. The number of hydrogen-bond donors (Lipinski definition) is 2. The van der Waals surface area contributed by atoms with Crippen molar-refractivity contribution in [3.63, 3.8) is 0 Å². The number of aromatic nitrogens is 1. The Morgan fingerprint density at radius 1 is 1.23 bits per heavy atom. The number of amides is 2. The van der Waals surface area contributed by atoms with Gasteiger partial charge in [0.2, 0.25) is 5.91 Å². The Morgan fingerprint density at radius 3 is 2.70 bits per heavy atom. The molecule has 0 aliphatic carbocycles. The van der Waals surface area contributed by atoms with Crippen molar-refractivity contribution in [2.45, 2.75) is 39.2 Å². The number of ether oxygens (including phenoxy) is 1. The minimum atomic E-state index is -0.136. The highest BCUT2D eigenvalue weighted by atomic mass is 32.1. The zero-order valence-corrected chi connectivity index (χ0v) is 18.7. The van der Waals surface area contributed by atoms with Crippen LogP contribution in [0.25, 0.3) is 0 Å². The Morgan fingerprint density at radius 2 is 2.00 bits per heavy atom. The number of carbonyl (C=O) groups excluding carboxylic acids is 2. The summed E-state index contributed by atoms with van der Waals surface area (Å²) in [6.45, 7) is 10.6. The summed E-state index contributed by atoms with van der Waals surface area (Å²) in [6.07, 6.45) is 2.08. The molecule has 162 valence electrons. The van der Waals surface area contributed by atoms with Gasteiger partial charge >= 0.3 is 0 Å². The van der Waals surface area contributed by atoms with Gasteiger partial charge in [-0.2, -0.15) is 0 Å². The van der Waals surface area contributed by atoms with Crippen LogP contribution < -0.4 is 10.6 Å². The van der Waals surface area contributed by atoms with Crippen LogP contribution in [0, 0.1) is 0 Å². The number of nitrogens with zero attached hydrogens (tertiary/aromatic N) is 2. The van der Waals surface area contributed by atoms with Gasteiger partial charge in [-0.1, -0.05) is 32.9 Å². The smallest absolute Gasteiger partial charge is 0.263 e. The lowest BCUT2D eigenvalue weighted by atomic mass is 9.98. The zero-order valence-electron chi connectivity index (χ0n) is 17.9. The van der Waals surface area contributed by atoms with Crippen LogP contribution in [0.4, 0.5) is 5.69 Å². The van der Waals surface area contributed by atoms with E-state index in [4.69, 9.17) is 4.74 Å². The molecule has 0 bridgehead atoms. The summed E-state index contributed by atoms with van der Waals surface area (Å²) < 4.78 is 5.32. The van der Waals surface area contributed by atoms with Gasteiger partial charge in [-0.15, -0.1) is 11.3 Å². The molecule has 2 N–H and O–H groups in total. The zero-order chi connectivity index (χ0) is 21.6. The van der Waals surface area contributed by atoms with Crippen molar-refractivity contribution in [2.24, 2.45) is 0 Å². The molecule has 1 aliphatic rings. The Labute approximate surface area is 181 Å². The molecular weight excluding hydrogens is 400 g/mol. The molecule has 1 aromatic heterocycles. The van der Waals surface area contributed by atoms with Crippen molar-refractivity contribution >= 4 is 28.8 Å². The van der Waals surface area contributed by atoms with Crippen LogP contribution in [0.2, 0.25) is 0 Å². The van der Waals surface area contributed by atoms with Crippen LogP contribution in [0.1, 0.15) is 47.4 Å². The van der Waals surface area contributed by atoms with Gasteiger partial charge in [-0.05, 0) is 17.7 Å². The van der Waals surface area contributed by atoms with E-state index < -0.39 is 0 Å². The van der Waals surface area contributed by atoms with Gasteiger partial charge in [-0.3, -0.25) is 14.5 Å². The molecule has 2 amide bonds. The molecule has 1 aromatic carbocycles. The monoisotopic (exact) mass is 430 g/mol. The lowest BCUT2D eigenvalue weighted by Crippen LogP contribution is -2.38. The number of anilines is 1. The van der Waals surface area contributed by atoms with Gasteiger partial charge in [0.15, 0.2) is 0 Å². The number of morpholine rings is 1. The van der Waals surface area contributed by atoms with Crippen molar-refractivity contribution in [1.82, 2.24) is 15.2 Å². The second-order valence-electron chi connectivity index (χ2n) is 8.41. The van der Waals surface area contributed by atoms with E-state index in [1.807, 2.05) is 24.3 Å². The highest BCUT2D eigenvalue weighted by molar-refractivity contribution is 7.13. The predicted octanol–water partition coefficient (Wildman–Crippen LogP) is 3.03. The molecule has 0 radical (unpaired) electrons. The summed E-state index contributed by atoms with van der Waals surface area (Å²) in [6, 6.07) is 7.55. The van der Waals surface area contributed by atoms with Gasteiger partial charge in [0.05, 0.1) is 24.4 Å². The Kier molecular flexibility index (Phi) is 7.58. The van der Waals surface area contributed by atoms with E-state index in [0.29, 0.717) is 17.8 Å². The molecule has 0 unspecified atom stereocenters. The summed E-state index contributed by atoms with van der Waals surface area (Å²) in [5, 5.41) is 6.81. The average Bonchev–Trinajstić information content (AvgIpc) is 3.23. The predicted molar refractivity (Wildman–Crippen MR) is 119 cm³/mol. The number of rotatable bonds is 7. The Balaban J connectivity index is 1.48. The quantitative estimate of drug-likeness (QED) is 0.705. The van der Waals surface area contributed by atoms with E-state index in [1.54, 1.807) is 6.20 Å². The van der Waals surface area contributed by atoms with E-state index >= 15 is 0 Å². The van der Waals surface area contributed by atoms with Crippen LogP contribution >= 0.6 is 11.3 Å². The third-order valence-electron chi connectivity index (χ3n) is 4.79. The van der Waals surface area contributed by atoms with Crippen LogP contribution in [-0.4, -0.2) is 54.5 Å². The summed E-state index contributed by atoms with van der Waals surface area (Å²) in [5.41, 5.74) is 1.59. The third-order valence-corrected chi connectivity index (χ3v) is 6.22. The summed E-state index contributed by atoms with van der Waals surface area (Å²) in [5.74, 6) is -0.148. The van der Waals surface area contributed by atoms with Crippen molar-refractivity contribution < 1.29 is 14.3 Å². The largest absolute Gasteiger partial charge is 0.379 e. The SMILES string of the molecule is CC(C)(C)c1ncc(C(=O)NCc2cccc(NC(=O)CCN3CCOCC3)c2)s1. The number of nitrogens with one attached hydrogen (secondary N) is 2. The van der Waals surface area contributed by atoms with E-state index in [2.05, 4.69) is 41.3 Å². The maximum Gasteiger partial charge on any atom is 0.263 e. The van der Waals surface area contributed by atoms with Crippen LogP contribution in [0.15, 0.2) is 30.5 Å². The molecule has 1 fully saturated rings. The maximum absolute atomic E-state index is 12.4. The average molecular weight is 431 g/mol. The first-order chi connectivity index (χ1) is 14.3. The normalized spacial score (nSPS) is 15.0. The van der Waals surface area contributed by atoms with Crippen molar-refractivity contribution in [2.75, 3.05) is 38.2 Å². The fourth-order valence-electron chi connectivity index (χ4n) is 3.06. The molecular formula is C22H30N4O3S. The molecule has 1 aliphatic heterocycles. The Bertz CT molecular complexity index is 869. The Hall–Kier alpha value is -2.29. The van der Waals surface area contributed by atoms with Gasteiger partial charge in [0.25, 0.3) is 5.91 Å². The number of thiazole rings is 1. The second-order valence-corrected chi connectivity index (χ2v) is 9.45. The summed E-state index contributed by atoms with van der Waals surface area (Å²) in [7, 11) is 0. The minimum Gasteiger partial charge on any atom is -0.379 e. The van der Waals surface area contributed by atoms with Gasteiger partial charge in [0, 0.05) is 43.7 Å². The lowest BCUT2D eigenvalue weighted by molar-refractivity contribution is -0.116. The first kappa shape index (κ1) is 22.4. The van der Waals surface area contributed by atoms with Crippen LogP contribution in [-0.2, 0) is 21.5 Å². The standard InChI is InChI=1S/C22H30N4O3S/c1-22(2,3)21-24-15-18(30-21)20(28)23-14-16-5-4-6-17(13-16)25-19(27)7-8-26-9-11-29-12-10-26/h4-6,13,15H,7-12,14H2,1-3H3,(H,23,28)(H,25,27). The number of hydrogen-bond acceptors (Lipinski definition) is 6. The molecule has 0 spiro atoms. The van der Waals surface area contributed by atoms with E-state index in [0.717, 1.165) is 49.1 Å². The topological polar surface area (TPSA) is 83.6 Å². The van der Waals surface area contributed by atoms with Gasteiger partial charge in [0.1, 0.15) is 4.88 Å². The highest BCUT2D eigenvalue weighted by Gasteiger charge is 2.20. The minimum absolute atomic E-state index is 0.0120. The molecule has 3 rings (SSSR count). The van der Waals surface area contributed by atoms with Crippen molar-refractivity contribution in [1.29, 1.82) is 0 Å². The summed E-state index contributed by atoms with van der Waals surface area (Å²) in [4.78, 5) is 31.9. The van der Waals surface area contributed by atoms with Crippen LogP contribution in [0.3, 0.4) is 0 Å². The molecule has 7 nitrogen and oxygen atoms in total.